The predicted octanol–water partition coefficient (Wildman–Crippen LogP) is 4.14. The molecule has 25 heavy (non-hydrogen) atoms. The Morgan fingerprint density at radius 3 is 2.76 bits per heavy atom. The Bertz CT molecular complexity index is 669. The Hall–Kier alpha value is -1.15. The average molecular weight is 472 g/mol. The summed E-state index contributed by atoms with van der Waals surface area (Å²) in [5.41, 5.74) is 2.66. The molecule has 6 heteroatoms. The Kier molecular flexibility index (Phi) is 10.0. The summed E-state index contributed by atoms with van der Waals surface area (Å²) in [6.07, 6.45) is 3.97. The van der Waals surface area contributed by atoms with E-state index < -0.39 is 0 Å². The van der Waals surface area contributed by atoms with Crippen LogP contribution in [0.25, 0.3) is 0 Å². The topological polar surface area (TPSA) is 49.3 Å². The largest absolute Gasteiger partial charge is 0.356 e. The zero-order valence-electron chi connectivity index (χ0n) is 15.5. The van der Waals surface area contributed by atoms with Crippen LogP contribution in [0.4, 0.5) is 0 Å². The molecule has 0 aliphatic heterocycles. The van der Waals surface area contributed by atoms with Crippen molar-refractivity contribution in [2.75, 3.05) is 20.1 Å². The molecular formula is C19H29IN4S. The van der Waals surface area contributed by atoms with E-state index in [2.05, 4.69) is 65.6 Å². The van der Waals surface area contributed by atoms with E-state index in [1.54, 1.807) is 11.3 Å². The standard InChI is InChI=1S/C19H28N4S.HI/c1-5-17-13-22-18(24-17)9-10-21-19(20-4)23-12-15(3)16-8-6-7-14(2)11-16;/h6-8,11,13,15H,5,9-10,12H2,1-4H3,(H2,20,21,23);1H. The third-order valence-electron chi connectivity index (χ3n) is 3.99. The molecule has 0 amide bonds. The number of thiazole rings is 1. The summed E-state index contributed by atoms with van der Waals surface area (Å²) < 4.78 is 0. The van der Waals surface area contributed by atoms with E-state index in [-0.39, 0.29) is 24.0 Å². The van der Waals surface area contributed by atoms with Gasteiger partial charge in [-0.05, 0) is 24.8 Å². The summed E-state index contributed by atoms with van der Waals surface area (Å²) in [7, 11) is 1.81. The Morgan fingerprint density at radius 2 is 2.12 bits per heavy atom. The van der Waals surface area contributed by atoms with E-state index in [9.17, 15) is 0 Å². The SMILES string of the molecule is CCc1cnc(CCNC(=NC)NCC(C)c2cccc(C)c2)s1.I. The highest BCUT2D eigenvalue weighted by atomic mass is 127. The number of benzene rings is 1. The highest BCUT2D eigenvalue weighted by molar-refractivity contribution is 14.0. The normalized spacial score (nSPS) is 12.4. The molecule has 138 valence electrons. The van der Waals surface area contributed by atoms with Gasteiger partial charge in [0.2, 0.25) is 0 Å². The van der Waals surface area contributed by atoms with Crippen molar-refractivity contribution in [2.24, 2.45) is 4.99 Å². The first-order valence-electron chi connectivity index (χ1n) is 8.57. The van der Waals surface area contributed by atoms with Crippen LogP contribution in [0, 0.1) is 6.92 Å². The van der Waals surface area contributed by atoms with Crippen LogP contribution in [-0.2, 0) is 12.8 Å². The summed E-state index contributed by atoms with van der Waals surface area (Å²) >= 11 is 1.80. The molecule has 0 spiro atoms. The molecule has 0 saturated carbocycles. The molecule has 1 heterocycles. The molecule has 0 radical (unpaired) electrons. The monoisotopic (exact) mass is 472 g/mol. The molecule has 1 unspecified atom stereocenters. The van der Waals surface area contributed by atoms with Crippen molar-refractivity contribution in [3.63, 3.8) is 0 Å². The molecule has 2 N–H and O–H groups in total. The first kappa shape index (κ1) is 21.9. The number of aliphatic imine (C=N–C) groups is 1. The molecule has 0 fully saturated rings. The number of guanidine groups is 1. The lowest BCUT2D eigenvalue weighted by Crippen LogP contribution is -2.39. The van der Waals surface area contributed by atoms with Gasteiger partial charge in [-0.15, -0.1) is 35.3 Å². The van der Waals surface area contributed by atoms with Crippen molar-refractivity contribution < 1.29 is 0 Å². The zero-order valence-corrected chi connectivity index (χ0v) is 18.7. The highest BCUT2D eigenvalue weighted by Gasteiger charge is 2.07. The first-order valence-corrected chi connectivity index (χ1v) is 9.38. The minimum absolute atomic E-state index is 0. The number of nitrogens with zero attached hydrogens (tertiary/aromatic N) is 2. The fraction of sp³-hybridized carbons (Fsp3) is 0.474. The van der Waals surface area contributed by atoms with Gasteiger partial charge in [0.15, 0.2) is 5.96 Å². The third-order valence-corrected chi connectivity index (χ3v) is 5.19. The van der Waals surface area contributed by atoms with Crippen molar-refractivity contribution in [1.29, 1.82) is 0 Å². The van der Waals surface area contributed by atoms with Gasteiger partial charge in [-0.2, -0.15) is 0 Å². The van der Waals surface area contributed by atoms with E-state index in [4.69, 9.17) is 0 Å². The summed E-state index contributed by atoms with van der Waals surface area (Å²) in [5, 5.41) is 7.96. The molecule has 0 bridgehead atoms. The number of aryl methyl sites for hydroxylation is 2. The summed E-state index contributed by atoms with van der Waals surface area (Å²) in [6, 6.07) is 8.68. The van der Waals surface area contributed by atoms with Crippen molar-refractivity contribution in [1.82, 2.24) is 15.6 Å². The fourth-order valence-corrected chi connectivity index (χ4v) is 3.34. The van der Waals surface area contributed by atoms with Gasteiger partial charge in [-0.25, -0.2) is 4.98 Å². The van der Waals surface area contributed by atoms with Gasteiger partial charge < -0.3 is 10.6 Å². The Balaban J connectivity index is 0.00000312. The van der Waals surface area contributed by atoms with Crippen LogP contribution in [0.5, 0.6) is 0 Å². The molecule has 0 aliphatic rings. The van der Waals surface area contributed by atoms with E-state index in [1.165, 1.54) is 21.0 Å². The highest BCUT2D eigenvalue weighted by Crippen LogP contribution is 2.15. The van der Waals surface area contributed by atoms with E-state index in [1.807, 2.05) is 13.2 Å². The molecule has 2 rings (SSSR count). The van der Waals surface area contributed by atoms with Gasteiger partial charge in [0.05, 0.1) is 5.01 Å². The second-order valence-electron chi connectivity index (χ2n) is 6.02. The smallest absolute Gasteiger partial charge is 0.191 e. The van der Waals surface area contributed by atoms with Gasteiger partial charge >= 0.3 is 0 Å². The zero-order chi connectivity index (χ0) is 17.4. The third kappa shape index (κ3) is 7.32. The lowest BCUT2D eigenvalue weighted by atomic mass is 9.99. The predicted molar refractivity (Wildman–Crippen MR) is 120 cm³/mol. The van der Waals surface area contributed by atoms with Gasteiger partial charge in [0.1, 0.15) is 0 Å². The van der Waals surface area contributed by atoms with Crippen LogP contribution in [0.1, 0.15) is 40.8 Å². The molecule has 1 aromatic carbocycles. The molecule has 2 aromatic rings. The molecule has 0 saturated heterocycles. The van der Waals surface area contributed by atoms with Gasteiger partial charge in [-0.1, -0.05) is 43.7 Å². The Morgan fingerprint density at radius 1 is 1.32 bits per heavy atom. The molecule has 1 atom stereocenters. The van der Waals surface area contributed by atoms with Crippen LogP contribution >= 0.6 is 35.3 Å². The maximum absolute atomic E-state index is 4.45. The summed E-state index contributed by atoms with van der Waals surface area (Å²) in [5.74, 6) is 1.29. The van der Waals surface area contributed by atoms with Crippen LogP contribution in [0.15, 0.2) is 35.5 Å². The quantitative estimate of drug-likeness (QED) is 0.362. The molecule has 4 nitrogen and oxygen atoms in total. The van der Waals surface area contributed by atoms with Crippen LogP contribution < -0.4 is 10.6 Å². The van der Waals surface area contributed by atoms with Crippen molar-refractivity contribution in [3.05, 3.63) is 51.5 Å². The van der Waals surface area contributed by atoms with Gasteiger partial charge in [0.25, 0.3) is 0 Å². The second kappa shape index (κ2) is 11.5. The van der Waals surface area contributed by atoms with Crippen molar-refractivity contribution in [3.8, 4) is 0 Å². The average Bonchev–Trinajstić information content (AvgIpc) is 3.05. The fourth-order valence-electron chi connectivity index (χ4n) is 2.48. The molecule has 0 aliphatic carbocycles. The molecule has 1 aromatic heterocycles. The Labute approximate surface area is 172 Å². The number of nitrogens with one attached hydrogen (secondary N) is 2. The van der Waals surface area contributed by atoms with E-state index >= 15 is 0 Å². The van der Waals surface area contributed by atoms with Gasteiger partial charge in [-0.3, -0.25) is 4.99 Å². The minimum atomic E-state index is 0. The van der Waals surface area contributed by atoms with Gasteiger partial charge in [0, 0.05) is 37.6 Å². The minimum Gasteiger partial charge on any atom is -0.356 e. The van der Waals surface area contributed by atoms with E-state index in [0.29, 0.717) is 5.92 Å². The van der Waals surface area contributed by atoms with Crippen LogP contribution in [-0.4, -0.2) is 31.1 Å². The number of aromatic nitrogens is 1. The first-order chi connectivity index (χ1) is 11.6. The lowest BCUT2D eigenvalue weighted by Gasteiger charge is -2.16. The molecular weight excluding hydrogens is 443 g/mol. The maximum atomic E-state index is 4.45. The number of hydrogen-bond acceptors (Lipinski definition) is 3. The van der Waals surface area contributed by atoms with Crippen molar-refractivity contribution >= 4 is 41.3 Å². The lowest BCUT2D eigenvalue weighted by molar-refractivity contribution is 0.697. The number of rotatable bonds is 7. The summed E-state index contributed by atoms with van der Waals surface area (Å²) in [6.45, 7) is 8.23. The number of halogens is 1. The number of hydrogen-bond donors (Lipinski definition) is 2. The van der Waals surface area contributed by atoms with Crippen LogP contribution in [0.3, 0.4) is 0 Å². The maximum Gasteiger partial charge on any atom is 0.191 e. The van der Waals surface area contributed by atoms with Crippen LogP contribution in [0.2, 0.25) is 0 Å². The second-order valence-corrected chi connectivity index (χ2v) is 7.22. The summed E-state index contributed by atoms with van der Waals surface area (Å²) in [4.78, 5) is 10.1. The van der Waals surface area contributed by atoms with Crippen molar-refractivity contribution in [2.45, 2.75) is 39.5 Å². The van der Waals surface area contributed by atoms with E-state index in [0.717, 1.165) is 31.9 Å².